The van der Waals surface area contributed by atoms with E-state index in [0.717, 1.165) is 54.1 Å². The number of unbranched alkanes of at least 4 members (excludes halogenated alkanes) is 4. The summed E-state index contributed by atoms with van der Waals surface area (Å²) in [5.74, 6) is -0.124. The van der Waals surface area contributed by atoms with Gasteiger partial charge in [-0.05, 0) is 54.8 Å². The lowest BCUT2D eigenvalue weighted by Crippen LogP contribution is -2.44. The molecule has 0 radical (unpaired) electrons. The van der Waals surface area contributed by atoms with Crippen LogP contribution >= 0.6 is 0 Å². The third kappa shape index (κ3) is 8.54. The third-order valence-corrected chi connectivity index (χ3v) is 8.97. The number of benzene rings is 3. The van der Waals surface area contributed by atoms with Crippen LogP contribution in [0.1, 0.15) is 62.1 Å². The average Bonchev–Trinajstić information content (AvgIpc) is 3.36. The van der Waals surface area contributed by atoms with Gasteiger partial charge in [-0.2, -0.15) is 0 Å². The Labute approximate surface area is 242 Å². The normalized spacial score (nSPS) is 12.2. The van der Waals surface area contributed by atoms with Crippen molar-refractivity contribution in [3.8, 4) is 0 Å². The number of fused-ring (bicyclic) bond motifs is 1. The maximum atomic E-state index is 13.2. The minimum atomic E-state index is -3.49. The SMILES string of the molecule is CCCCCCCC(=O)[C@@H](Cc1c[nH]c2ccccc12)NC(=O)Nc1ccc(CS(=O)(=O)c2ccc(C)cc2)cc1. The van der Waals surface area contributed by atoms with Gasteiger partial charge < -0.3 is 15.6 Å². The first-order valence-corrected chi connectivity index (χ1v) is 15.9. The molecule has 3 N–H and O–H groups in total. The first kappa shape index (κ1) is 30.1. The first-order chi connectivity index (χ1) is 19.7. The molecular formula is C33H39N3O4S. The maximum absolute atomic E-state index is 13.2. The van der Waals surface area contributed by atoms with Crippen molar-refractivity contribution in [3.63, 3.8) is 0 Å². The fourth-order valence-electron chi connectivity index (χ4n) is 4.90. The second kappa shape index (κ2) is 14.1. The Morgan fingerprint density at radius 3 is 2.32 bits per heavy atom. The summed E-state index contributed by atoms with van der Waals surface area (Å²) in [5, 5.41) is 6.72. The second-order valence-electron chi connectivity index (χ2n) is 10.6. The smallest absolute Gasteiger partial charge is 0.319 e. The van der Waals surface area contributed by atoms with Crippen LogP contribution in [0.25, 0.3) is 10.9 Å². The number of carbonyl (C=O) groups excluding carboxylic acids is 2. The number of ketones is 1. The molecule has 4 aromatic rings. The van der Waals surface area contributed by atoms with Crippen molar-refractivity contribution in [2.24, 2.45) is 0 Å². The Hall–Kier alpha value is -3.91. The molecule has 8 heteroatoms. The Balaban J connectivity index is 1.39. The topological polar surface area (TPSA) is 108 Å². The predicted octanol–water partition coefficient (Wildman–Crippen LogP) is 7.11. The summed E-state index contributed by atoms with van der Waals surface area (Å²) >= 11 is 0. The first-order valence-electron chi connectivity index (χ1n) is 14.3. The van der Waals surface area contributed by atoms with Gasteiger partial charge in [0.2, 0.25) is 0 Å². The minimum absolute atomic E-state index is 0.0126. The van der Waals surface area contributed by atoms with Crippen LogP contribution in [0.5, 0.6) is 0 Å². The van der Waals surface area contributed by atoms with E-state index in [4.69, 9.17) is 0 Å². The molecule has 0 aliphatic carbocycles. The summed E-state index contributed by atoms with van der Waals surface area (Å²) in [6.45, 7) is 4.07. The Morgan fingerprint density at radius 1 is 0.878 bits per heavy atom. The zero-order valence-corrected chi connectivity index (χ0v) is 24.6. The molecule has 1 heterocycles. The number of carbonyl (C=O) groups is 2. The molecule has 0 bridgehead atoms. The summed E-state index contributed by atoms with van der Waals surface area (Å²) < 4.78 is 25.6. The van der Waals surface area contributed by atoms with Gasteiger partial charge in [0.1, 0.15) is 0 Å². The highest BCUT2D eigenvalue weighted by Gasteiger charge is 2.22. The second-order valence-corrected chi connectivity index (χ2v) is 12.6. The van der Waals surface area contributed by atoms with E-state index in [0.29, 0.717) is 24.1 Å². The summed E-state index contributed by atoms with van der Waals surface area (Å²) in [4.78, 5) is 29.7. The van der Waals surface area contributed by atoms with Crippen LogP contribution in [0.4, 0.5) is 10.5 Å². The molecule has 7 nitrogen and oxygen atoms in total. The predicted molar refractivity (Wildman–Crippen MR) is 165 cm³/mol. The fourth-order valence-corrected chi connectivity index (χ4v) is 6.25. The lowest BCUT2D eigenvalue weighted by molar-refractivity contribution is -0.120. The highest BCUT2D eigenvalue weighted by Crippen LogP contribution is 2.21. The number of aromatic amines is 1. The molecule has 0 aliphatic rings. The summed E-state index contributed by atoms with van der Waals surface area (Å²) in [7, 11) is -3.49. The number of nitrogens with one attached hydrogen (secondary N) is 3. The highest BCUT2D eigenvalue weighted by atomic mass is 32.2. The fraction of sp³-hybridized carbons (Fsp3) is 0.333. The maximum Gasteiger partial charge on any atom is 0.319 e. The number of aromatic nitrogens is 1. The number of hydrogen-bond acceptors (Lipinski definition) is 4. The molecule has 3 aromatic carbocycles. The average molecular weight is 574 g/mol. The number of para-hydroxylation sites is 1. The summed E-state index contributed by atoms with van der Waals surface area (Å²) in [5.41, 5.74) is 4.09. The van der Waals surface area contributed by atoms with Gasteiger partial charge in [-0.25, -0.2) is 13.2 Å². The number of sulfone groups is 1. The zero-order chi connectivity index (χ0) is 29.2. The van der Waals surface area contributed by atoms with E-state index in [1.54, 1.807) is 48.5 Å². The largest absolute Gasteiger partial charge is 0.361 e. The van der Waals surface area contributed by atoms with Crippen LogP contribution in [0.3, 0.4) is 0 Å². The Kier molecular flexibility index (Phi) is 10.4. The molecule has 216 valence electrons. The number of amides is 2. The van der Waals surface area contributed by atoms with Crippen LogP contribution in [0.2, 0.25) is 0 Å². The molecule has 41 heavy (non-hydrogen) atoms. The van der Waals surface area contributed by atoms with Crippen LogP contribution in [-0.4, -0.2) is 31.3 Å². The Morgan fingerprint density at radius 2 is 1.59 bits per heavy atom. The van der Waals surface area contributed by atoms with E-state index in [1.165, 1.54) is 0 Å². The molecule has 0 aliphatic heterocycles. The molecule has 0 unspecified atom stereocenters. The van der Waals surface area contributed by atoms with Gasteiger partial charge >= 0.3 is 6.03 Å². The number of aryl methyl sites for hydroxylation is 1. The molecule has 0 saturated carbocycles. The molecule has 1 atom stereocenters. The number of urea groups is 1. The van der Waals surface area contributed by atoms with Crippen LogP contribution < -0.4 is 10.6 Å². The van der Waals surface area contributed by atoms with Gasteiger partial charge in [0.15, 0.2) is 15.6 Å². The molecule has 2 amide bonds. The third-order valence-electron chi connectivity index (χ3n) is 7.27. The van der Waals surface area contributed by atoms with Crippen molar-refractivity contribution in [2.75, 3.05) is 5.32 Å². The van der Waals surface area contributed by atoms with E-state index >= 15 is 0 Å². The van der Waals surface area contributed by atoms with Crippen LogP contribution in [0.15, 0.2) is 83.9 Å². The summed E-state index contributed by atoms with van der Waals surface area (Å²) in [6.07, 6.45) is 7.91. The minimum Gasteiger partial charge on any atom is -0.361 e. The van der Waals surface area contributed by atoms with Crippen molar-refractivity contribution < 1.29 is 18.0 Å². The van der Waals surface area contributed by atoms with Gasteiger partial charge in [0.25, 0.3) is 0 Å². The number of Topliss-reactive ketones (excluding diaryl/α,β-unsaturated/α-hetero) is 1. The molecule has 0 fully saturated rings. The highest BCUT2D eigenvalue weighted by molar-refractivity contribution is 7.90. The molecule has 1 aromatic heterocycles. The Bertz CT molecular complexity index is 1560. The van der Waals surface area contributed by atoms with Gasteiger partial charge in [-0.15, -0.1) is 0 Å². The van der Waals surface area contributed by atoms with Gasteiger partial charge in [-0.1, -0.05) is 80.6 Å². The number of rotatable bonds is 14. The van der Waals surface area contributed by atoms with Crippen molar-refractivity contribution in [3.05, 3.63) is 95.7 Å². The standard InChI is InChI=1S/C33H39N3O4S/c1-3-4-5-6-7-12-32(37)31(21-26-22-34-30-11-9-8-10-29(26)30)36-33(38)35-27-17-15-25(16-18-27)23-41(39,40)28-19-13-24(2)14-20-28/h8-11,13-20,22,31,34H,3-7,12,21,23H2,1-2H3,(H2,35,36,38)/t31-/m1/s1. The van der Waals surface area contributed by atoms with Crippen molar-refractivity contribution in [2.45, 2.75) is 75.5 Å². The van der Waals surface area contributed by atoms with Gasteiger partial charge in [0, 0.05) is 35.6 Å². The monoisotopic (exact) mass is 573 g/mol. The van der Waals surface area contributed by atoms with Gasteiger partial charge in [-0.3, -0.25) is 4.79 Å². The van der Waals surface area contributed by atoms with E-state index in [2.05, 4.69) is 22.5 Å². The molecule has 4 rings (SSSR count). The van der Waals surface area contributed by atoms with Crippen LogP contribution in [0, 0.1) is 6.92 Å². The van der Waals surface area contributed by atoms with E-state index in [1.807, 2.05) is 37.4 Å². The van der Waals surface area contributed by atoms with E-state index in [9.17, 15) is 18.0 Å². The van der Waals surface area contributed by atoms with E-state index < -0.39 is 21.9 Å². The molecular weight excluding hydrogens is 534 g/mol. The van der Waals surface area contributed by atoms with Crippen LogP contribution in [-0.2, 0) is 26.8 Å². The number of H-pyrrole nitrogens is 1. The lowest BCUT2D eigenvalue weighted by Gasteiger charge is -2.18. The molecule has 0 saturated heterocycles. The van der Waals surface area contributed by atoms with Crippen molar-refractivity contribution in [1.82, 2.24) is 10.3 Å². The van der Waals surface area contributed by atoms with Gasteiger partial charge in [0.05, 0.1) is 16.7 Å². The zero-order valence-electron chi connectivity index (χ0n) is 23.8. The van der Waals surface area contributed by atoms with Crippen molar-refractivity contribution in [1.29, 1.82) is 0 Å². The van der Waals surface area contributed by atoms with E-state index in [-0.39, 0.29) is 16.4 Å². The summed E-state index contributed by atoms with van der Waals surface area (Å²) in [6, 6.07) is 20.3. The van der Waals surface area contributed by atoms with Crippen molar-refractivity contribution >= 4 is 38.2 Å². The molecule has 0 spiro atoms. The quantitative estimate of drug-likeness (QED) is 0.140. The lowest BCUT2D eigenvalue weighted by atomic mass is 9.98. The number of hydrogen-bond donors (Lipinski definition) is 3. The number of anilines is 1.